The molecular formula is C20H20ClN7. The van der Waals surface area contributed by atoms with Crippen molar-refractivity contribution in [3.05, 3.63) is 59.9 Å². The second-order valence-electron chi connectivity index (χ2n) is 7.04. The molecule has 1 fully saturated rings. The Kier molecular flexibility index (Phi) is 4.44. The molecule has 0 unspecified atom stereocenters. The molecule has 7 nitrogen and oxygen atoms in total. The Morgan fingerprint density at radius 2 is 1.96 bits per heavy atom. The highest BCUT2D eigenvalue weighted by Crippen LogP contribution is 2.33. The van der Waals surface area contributed by atoms with Gasteiger partial charge in [-0.15, -0.1) is 0 Å². The van der Waals surface area contributed by atoms with Gasteiger partial charge in [0.25, 0.3) is 0 Å². The predicted octanol–water partition coefficient (Wildman–Crippen LogP) is 4.39. The van der Waals surface area contributed by atoms with Crippen LogP contribution < -0.4 is 5.32 Å². The van der Waals surface area contributed by atoms with Crippen molar-refractivity contribution in [2.24, 2.45) is 0 Å². The molecule has 3 heterocycles. The number of hydrogen-bond donors (Lipinski definition) is 1. The molecule has 0 spiro atoms. The largest absolute Gasteiger partial charge is 0.364 e. The van der Waals surface area contributed by atoms with Crippen LogP contribution in [0.3, 0.4) is 0 Å². The quantitative estimate of drug-likeness (QED) is 0.509. The molecule has 1 N–H and O–H groups in total. The van der Waals surface area contributed by atoms with E-state index < -0.39 is 0 Å². The van der Waals surface area contributed by atoms with Gasteiger partial charge in [-0.1, -0.05) is 31.0 Å². The van der Waals surface area contributed by atoms with Crippen molar-refractivity contribution < 1.29 is 0 Å². The van der Waals surface area contributed by atoms with Gasteiger partial charge < -0.3 is 9.88 Å². The van der Waals surface area contributed by atoms with Crippen molar-refractivity contribution in [3.63, 3.8) is 0 Å². The molecule has 0 atom stereocenters. The standard InChI is InChI=1S/C20H20ClN7/c21-20-25-18(17-19(26-20)27(13-23-17)15-7-2-3-8-15)22-12-14-6-1-4-9-16(14)28-11-5-10-24-28/h1,4-6,9-11,13,15H,2-3,7-8,12H2,(H,22,25,26). The Balaban J connectivity index is 1.47. The maximum absolute atomic E-state index is 6.24. The van der Waals surface area contributed by atoms with Crippen molar-refractivity contribution in [2.75, 3.05) is 5.32 Å². The highest BCUT2D eigenvalue weighted by atomic mass is 35.5. The minimum atomic E-state index is 0.232. The number of nitrogens with zero attached hydrogens (tertiary/aromatic N) is 6. The van der Waals surface area contributed by atoms with Crippen LogP contribution in [0.25, 0.3) is 16.9 Å². The number of aromatic nitrogens is 6. The van der Waals surface area contributed by atoms with Crippen molar-refractivity contribution in [2.45, 2.75) is 38.3 Å². The molecule has 8 heteroatoms. The van der Waals surface area contributed by atoms with Crippen LogP contribution >= 0.6 is 11.6 Å². The molecule has 1 aromatic carbocycles. The number of para-hydroxylation sites is 1. The zero-order chi connectivity index (χ0) is 18.9. The molecule has 0 bridgehead atoms. The topological polar surface area (TPSA) is 73.5 Å². The van der Waals surface area contributed by atoms with E-state index in [2.05, 4.69) is 36.0 Å². The van der Waals surface area contributed by atoms with Gasteiger partial charge >= 0.3 is 0 Å². The average Bonchev–Trinajstić information content (AvgIpc) is 3.47. The summed E-state index contributed by atoms with van der Waals surface area (Å²) < 4.78 is 4.01. The van der Waals surface area contributed by atoms with Crippen molar-refractivity contribution in [3.8, 4) is 5.69 Å². The van der Waals surface area contributed by atoms with E-state index in [1.165, 1.54) is 12.8 Å². The molecule has 28 heavy (non-hydrogen) atoms. The number of anilines is 1. The van der Waals surface area contributed by atoms with Gasteiger partial charge in [0.2, 0.25) is 5.28 Å². The van der Waals surface area contributed by atoms with Crippen LogP contribution in [0.15, 0.2) is 49.1 Å². The molecular weight excluding hydrogens is 374 g/mol. The van der Waals surface area contributed by atoms with Gasteiger partial charge in [0.1, 0.15) is 0 Å². The Morgan fingerprint density at radius 1 is 1.11 bits per heavy atom. The maximum Gasteiger partial charge on any atom is 0.226 e. The van der Waals surface area contributed by atoms with Gasteiger partial charge in [-0.2, -0.15) is 15.1 Å². The number of benzene rings is 1. The predicted molar refractivity (Wildman–Crippen MR) is 109 cm³/mol. The summed E-state index contributed by atoms with van der Waals surface area (Å²) in [6.45, 7) is 0.578. The van der Waals surface area contributed by atoms with Gasteiger partial charge in [-0.3, -0.25) is 0 Å². The summed E-state index contributed by atoms with van der Waals surface area (Å²) in [5.41, 5.74) is 3.68. The third kappa shape index (κ3) is 3.11. The first-order chi connectivity index (χ1) is 13.8. The zero-order valence-electron chi connectivity index (χ0n) is 15.3. The van der Waals surface area contributed by atoms with Crippen LogP contribution in [0.4, 0.5) is 5.82 Å². The van der Waals surface area contributed by atoms with Crippen molar-refractivity contribution in [1.82, 2.24) is 29.3 Å². The fourth-order valence-corrected chi connectivity index (χ4v) is 4.10. The molecule has 0 saturated heterocycles. The van der Waals surface area contributed by atoms with Crippen LogP contribution in [0, 0.1) is 0 Å². The van der Waals surface area contributed by atoms with Gasteiger partial charge in [-0.25, -0.2) is 9.67 Å². The summed E-state index contributed by atoms with van der Waals surface area (Å²) in [6.07, 6.45) is 10.4. The number of nitrogens with one attached hydrogen (secondary N) is 1. The molecule has 0 radical (unpaired) electrons. The summed E-state index contributed by atoms with van der Waals surface area (Å²) in [7, 11) is 0. The van der Waals surface area contributed by atoms with Crippen LogP contribution in [0.2, 0.25) is 5.28 Å². The molecule has 142 valence electrons. The number of hydrogen-bond acceptors (Lipinski definition) is 5. The normalized spacial score (nSPS) is 14.8. The molecule has 3 aromatic heterocycles. The van der Waals surface area contributed by atoms with E-state index in [1.807, 2.05) is 41.5 Å². The summed E-state index contributed by atoms with van der Waals surface area (Å²) >= 11 is 6.24. The van der Waals surface area contributed by atoms with Crippen molar-refractivity contribution >= 4 is 28.6 Å². The first-order valence-electron chi connectivity index (χ1n) is 9.51. The Hall–Kier alpha value is -2.93. The van der Waals surface area contributed by atoms with E-state index in [4.69, 9.17) is 11.6 Å². The van der Waals surface area contributed by atoms with E-state index >= 15 is 0 Å². The maximum atomic E-state index is 6.24. The first-order valence-corrected chi connectivity index (χ1v) is 9.89. The minimum Gasteiger partial charge on any atom is -0.364 e. The second kappa shape index (κ2) is 7.24. The summed E-state index contributed by atoms with van der Waals surface area (Å²) in [6, 6.07) is 10.5. The molecule has 0 amide bonds. The van der Waals surface area contributed by atoms with Crippen LogP contribution in [0.5, 0.6) is 0 Å². The highest BCUT2D eigenvalue weighted by Gasteiger charge is 2.21. The third-order valence-electron chi connectivity index (χ3n) is 5.30. The van der Waals surface area contributed by atoms with E-state index in [1.54, 1.807) is 6.20 Å². The van der Waals surface area contributed by atoms with Crippen molar-refractivity contribution in [1.29, 1.82) is 0 Å². The van der Waals surface area contributed by atoms with Gasteiger partial charge in [0, 0.05) is 25.0 Å². The molecule has 4 aromatic rings. The fourth-order valence-electron chi connectivity index (χ4n) is 3.94. The van der Waals surface area contributed by atoms with E-state index in [0.29, 0.717) is 18.4 Å². The monoisotopic (exact) mass is 393 g/mol. The van der Waals surface area contributed by atoms with Crippen LogP contribution in [-0.2, 0) is 6.54 Å². The summed E-state index contributed by atoms with van der Waals surface area (Å²) in [4.78, 5) is 13.4. The Bertz CT molecular complexity index is 1100. The summed E-state index contributed by atoms with van der Waals surface area (Å²) in [5, 5.41) is 7.97. The fraction of sp³-hybridized carbons (Fsp3) is 0.300. The Morgan fingerprint density at radius 3 is 2.79 bits per heavy atom. The third-order valence-corrected chi connectivity index (χ3v) is 5.47. The summed E-state index contributed by atoms with van der Waals surface area (Å²) in [5.74, 6) is 0.655. The van der Waals surface area contributed by atoms with Gasteiger partial charge in [0.05, 0.1) is 12.0 Å². The smallest absolute Gasteiger partial charge is 0.226 e. The second-order valence-corrected chi connectivity index (χ2v) is 7.37. The first kappa shape index (κ1) is 17.2. The van der Waals surface area contributed by atoms with E-state index in [9.17, 15) is 0 Å². The average molecular weight is 394 g/mol. The molecule has 0 aliphatic heterocycles. The number of fused-ring (bicyclic) bond motifs is 1. The highest BCUT2D eigenvalue weighted by molar-refractivity contribution is 6.28. The number of halogens is 1. The Labute approximate surface area is 167 Å². The molecule has 1 saturated carbocycles. The molecule has 1 aliphatic rings. The number of imidazole rings is 1. The van der Waals surface area contributed by atoms with E-state index in [0.717, 1.165) is 35.3 Å². The van der Waals surface area contributed by atoms with Crippen LogP contribution in [-0.4, -0.2) is 29.3 Å². The SMILES string of the molecule is Clc1nc(NCc2ccccc2-n2cccn2)c2ncn(C3CCCC3)c2n1. The molecule has 1 aliphatic carbocycles. The lowest BCUT2D eigenvalue weighted by Gasteiger charge is -2.13. The lowest BCUT2D eigenvalue weighted by atomic mass is 10.2. The van der Waals surface area contributed by atoms with Gasteiger partial charge in [-0.05, 0) is 42.1 Å². The minimum absolute atomic E-state index is 0.232. The van der Waals surface area contributed by atoms with Gasteiger partial charge in [0.15, 0.2) is 17.0 Å². The van der Waals surface area contributed by atoms with Crippen LogP contribution in [0.1, 0.15) is 37.3 Å². The lowest BCUT2D eigenvalue weighted by molar-refractivity contribution is 0.529. The molecule has 5 rings (SSSR count). The van der Waals surface area contributed by atoms with E-state index in [-0.39, 0.29) is 5.28 Å². The zero-order valence-corrected chi connectivity index (χ0v) is 16.0. The lowest BCUT2D eigenvalue weighted by Crippen LogP contribution is -2.08. The number of rotatable bonds is 5.